The summed E-state index contributed by atoms with van der Waals surface area (Å²) in [5.41, 5.74) is 6.38. The minimum absolute atomic E-state index is 0.156. The van der Waals surface area contributed by atoms with E-state index in [9.17, 15) is 4.39 Å². The number of nitrogens with two attached hydrogens (primary N) is 1. The van der Waals surface area contributed by atoms with E-state index < -0.39 is 0 Å². The summed E-state index contributed by atoms with van der Waals surface area (Å²) in [7, 11) is 1.91. The van der Waals surface area contributed by atoms with Crippen LogP contribution in [0.3, 0.4) is 0 Å². The first-order valence-electron chi connectivity index (χ1n) is 5.89. The molecule has 1 aromatic carbocycles. The molecule has 2 aromatic rings. The maximum absolute atomic E-state index is 13.8. The maximum atomic E-state index is 13.8. The molecular weight excluding hydrogens is 231 g/mol. The van der Waals surface area contributed by atoms with Gasteiger partial charge < -0.3 is 10.2 Å². The van der Waals surface area contributed by atoms with Crippen LogP contribution in [0.25, 0.3) is 0 Å². The van der Waals surface area contributed by atoms with E-state index in [4.69, 9.17) is 10.2 Å². The number of hydrogen-bond acceptors (Lipinski definition) is 3. The number of hydrogen-bond donors (Lipinski definition) is 1. The lowest BCUT2D eigenvalue weighted by atomic mass is 10.1. The van der Waals surface area contributed by atoms with Crippen LogP contribution in [-0.2, 0) is 6.54 Å². The van der Waals surface area contributed by atoms with Crippen molar-refractivity contribution in [1.82, 2.24) is 4.90 Å². The Morgan fingerprint density at radius 3 is 2.67 bits per heavy atom. The van der Waals surface area contributed by atoms with Gasteiger partial charge in [-0.1, -0.05) is 18.2 Å². The number of halogens is 1. The second-order valence-electron chi connectivity index (χ2n) is 4.27. The highest BCUT2D eigenvalue weighted by Gasteiger charge is 2.19. The number of furan rings is 1. The van der Waals surface area contributed by atoms with E-state index in [2.05, 4.69) is 0 Å². The molecule has 18 heavy (non-hydrogen) atoms. The third-order valence-electron chi connectivity index (χ3n) is 3.00. The van der Waals surface area contributed by atoms with Gasteiger partial charge in [-0.25, -0.2) is 4.39 Å². The van der Waals surface area contributed by atoms with Crippen molar-refractivity contribution in [1.29, 1.82) is 0 Å². The highest BCUT2D eigenvalue weighted by molar-refractivity contribution is 5.21. The predicted octanol–water partition coefficient (Wildman–Crippen LogP) is 2.55. The molecule has 2 rings (SSSR count). The molecule has 0 aliphatic carbocycles. The quantitative estimate of drug-likeness (QED) is 0.884. The Hall–Kier alpha value is -1.65. The molecule has 0 radical (unpaired) electrons. The Morgan fingerprint density at radius 1 is 1.28 bits per heavy atom. The summed E-state index contributed by atoms with van der Waals surface area (Å²) in [6.45, 7) is 0.960. The standard InChI is InChI=1S/C14H17FN2O/c1-17(10-11-5-4-8-18-11)14(9-16)12-6-2-3-7-13(12)15/h2-8,14H,9-10,16H2,1H3. The fourth-order valence-electron chi connectivity index (χ4n) is 2.05. The monoisotopic (exact) mass is 248 g/mol. The number of rotatable bonds is 5. The lowest BCUT2D eigenvalue weighted by molar-refractivity contribution is 0.218. The summed E-state index contributed by atoms with van der Waals surface area (Å²) in [5.74, 6) is 0.617. The van der Waals surface area contributed by atoms with E-state index in [1.54, 1.807) is 18.4 Å². The first kappa shape index (κ1) is 12.8. The molecule has 0 bridgehead atoms. The van der Waals surface area contributed by atoms with Gasteiger partial charge in [0.25, 0.3) is 0 Å². The largest absolute Gasteiger partial charge is 0.468 e. The van der Waals surface area contributed by atoms with E-state index in [1.165, 1.54) is 6.07 Å². The first-order chi connectivity index (χ1) is 8.72. The maximum Gasteiger partial charge on any atom is 0.128 e. The van der Waals surface area contributed by atoms with Gasteiger partial charge in [0.1, 0.15) is 11.6 Å². The Kier molecular flexibility index (Phi) is 4.12. The van der Waals surface area contributed by atoms with Crippen molar-refractivity contribution in [2.75, 3.05) is 13.6 Å². The summed E-state index contributed by atoms with van der Waals surface area (Å²) < 4.78 is 19.0. The Balaban J connectivity index is 2.16. The molecule has 2 N–H and O–H groups in total. The fraction of sp³-hybridized carbons (Fsp3) is 0.286. The number of nitrogens with zero attached hydrogens (tertiary/aromatic N) is 1. The van der Waals surface area contributed by atoms with Crippen LogP contribution < -0.4 is 5.73 Å². The van der Waals surface area contributed by atoms with Crippen LogP contribution in [-0.4, -0.2) is 18.5 Å². The van der Waals surface area contributed by atoms with Crippen molar-refractivity contribution in [3.8, 4) is 0 Å². The smallest absolute Gasteiger partial charge is 0.128 e. The molecule has 1 unspecified atom stereocenters. The summed E-state index contributed by atoms with van der Waals surface area (Å²) >= 11 is 0. The van der Waals surface area contributed by atoms with Crippen molar-refractivity contribution >= 4 is 0 Å². The predicted molar refractivity (Wildman–Crippen MR) is 68.4 cm³/mol. The SMILES string of the molecule is CN(Cc1ccco1)C(CN)c1ccccc1F. The first-order valence-corrected chi connectivity index (χ1v) is 5.89. The minimum Gasteiger partial charge on any atom is -0.468 e. The molecule has 0 aliphatic heterocycles. The molecule has 0 fully saturated rings. The van der Waals surface area contributed by atoms with Crippen LogP contribution in [0.15, 0.2) is 47.1 Å². The van der Waals surface area contributed by atoms with Crippen LogP contribution in [0.1, 0.15) is 17.4 Å². The molecule has 0 spiro atoms. The molecule has 3 nitrogen and oxygen atoms in total. The second kappa shape index (κ2) is 5.80. The third kappa shape index (κ3) is 2.78. The summed E-state index contributed by atoms with van der Waals surface area (Å²) in [5, 5.41) is 0. The zero-order valence-electron chi connectivity index (χ0n) is 10.3. The van der Waals surface area contributed by atoms with Gasteiger partial charge >= 0.3 is 0 Å². The lowest BCUT2D eigenvalue weighted by Crippen LogP contribution is -2.30. The number of likely N-dealkylation sites (N-methyl/N-ethyl adjacent to an activating group) is 1. The molecular formula is C14H17FN2O. The van der Waals surface area contributed by atoms with Gasteiger partial charge in [0.2, 0.25) is 0 Å². The Bertz CT molecular complexity index is 484. The molecule has 0 aliphatic rings. The highest BCUT2D eigenvalue weighted by atomic mass is 19.1. The van der Waals surface area contributed by atoms with Crippen LogP contribution >= 0.6 is 0 Å². The van der Waals surface area contributed by atoms with E-state index in [0.717, 1.165) is 5.76 Å². The Labute approximate surface area is 106 Å². The average molecular weight is 248 g/mol. The van der Waals surface area contributed by atoms with Crippen molar-refractivity contribution in [2.45, 2.75) is 12.6 Å². The van der Waals surface area contributed by atoms with E-state index in [-0.39, 0.29) is 11.9 Å². The second-order valence-corrected chi connectivity index (χ2v) is 4.27. The number of benzene rings is 1. The lowest BCUT2D eigenvalue weighted by Gasteiger charge is -2.26. The van der Waals surface area contributed by atoms with Crippen LogP contribution in [0.4, 0.5) is 4.39 Å². The van der Waals surface area contributed by atoms with Crippen LogP contribution in [0.2, 0.25) is 0 Å². The molecule has 1 atom stereocenters. The molecule has 4 heteroatoms. The van der Waals surface area contributed by atoms with E-state index >= 15 is 0 Å². The van der Waals surface area contributed by atoms with Crippen LogP contribution in [0, 0.1) is 5.82 Å². The molecule has 96 valence electrons. The molecule has 1 heterocycles. The summed E-state index contributed by atoms with van der Waals surface area (Å²) in [6.07, 6.45) is 1.63. The normalized spacial score (nSPS) is 12.9. The highest BCUT2D eigenvalue weighted by Crippen LogP contribution is 2.22. The topological polar surface area (TPSA) is 42.4 Å². The molecule has 0 saturated carbocycles. The van der Waals surface area contributed by atoms with Gasteiger partial charge in [-0.2, -0.15) is 0 Å². The summed E-state index contributed by atoms with van der Waals surface area (Å²) in [4.78, 5) is 1.98. The fourth-order valence-corrected chi connectivity index (χ4v) is 2.05. The van der Waals surface area contributed by atoms with Crippen molar-refractivity contribution in [3.05, 3.63) is 59.8 Å². The minimum atomic E-state index is -0.223. The average Bonchev–Trinajstić information content (AvgIpc) is 2.85. The van der Waals surface area contributed by atoms with E-state index in [1.807, 2.05) is 30.1 Å². The molecule has 1 aromatic heterocycles. The molecule has 0 amide bonds. The third-order valence-corrected chi connectivity index (χ3v) is 3.00. The summed E-state index contributed by atoms with van der Waals surface area (Å²) in [6, 6.07) is 10.3. The van der Waals surface area contributed by atoms with Gasteiger partial charge in [0.05, 0.1) is 18.8 Å². The van der Waals surface area contributed by atoms with Crippen LogP contribution in [0.5, 0.6) is 0 Å². The van der Waals surface area contributed by atoms with Crippen molar-refractivity contribution in [3.63, 3.8) is 0 Å². The van der Waals surface area contributed by atoms with Crippen molar-refractivity contribution in [2.24, 2.45) is 5.73 Å². The van der Waals surface area contributed by atoms with Crippen molar-refractivity contribution < 1.29 is 8.81 Å². The van der Waals surface area contributed by atoms with Gasteiger partial charge in [-0.05, 0) is 25.2 Å². The Morgan fingerprint density at radius 2 is 2.06 bits per heavy atom. The van der Waals surface area contributed by atoms with Gasteiger partial charge in [0, 0.05) is 12.1 Å². The molecule has 0 saturated heterocycles. The zero-order chi connectivity index (χ0) is 13.0. The van der Waals surface area contributed by atoms with Gasteiger partial charge in [-0.3, -0.25) is 4.90 Å². The van der Waals surface area contributed by atoms with Gasteiger partial charge in [-0.15, -0.1) is 0 Å². The zero-order valence-corrected chi connectivity index (χ0v) is 10.3. The van der Waals surface area contributed by atoms with Gasteiger partial charge in [0.15, 0.2) is 0 Å². The van der Waals surface area contributed by atoms with E-state index in [0.29, 0.717) is 18.7 Å².